The monoisotopic (exact) mass is 240 g/mol. The molecule has 0 unspecified atom stereocenters. The molecule has 0 aromatic carbocycles. The number of aromatic nitrogens is 1. The fraction of sp³-hybridized carbons (Fsp3) is 0.364. The predicted octanol–water partition coefficient (Wildman–Crippen LogP) is 1.90. The first-order chi connectivity index (χ1) is 7.71. The van der Waals surface area contributed by atoms with Crippen molar-refractivity contribution >= 4 is 17.7 Å². The molecule has 5 nitrogen and oxygen atoms in total. The van der Waals surface area contributed by atoms with Gasteiger partial charge in [-0.15, -0.1) is 0 Å². The van der Waals surface area contributed by atoms with Crippen LogP contribution in [0.3, 0.4) is 0 Å². The Balaban J connectivity index is 3.07. The second-order valence-electron chi connectivity index (χ2n) is 4.56. The van der Waals surface area contributed by atoms with E-state index in [2.05, 4.69) is 10.3 Å². The van der Waals surface area contributed by atoms with Gasteiger partial charge < -0.3 is 10.4 Å². The Hall–Kier alpha value is -1.98. The molecule has 1 amide bonds. The van der Waals surface area contributed by atoms with E-state index in [0.717, 1.165) is 12.3 Å². The van der Waals surface area contributed by atoms with Crippen LogP contribution in [-0.4, -0.2) is 22.0 Å². The summed E-state index contributed by atoms with van der Waals surface area (Å²) in [4.78, 5) is 26.1. The normalized spacial score (nSPS) is 11.1. The summed E-state index contributed by atoms with van der Waals surface area (Å²) in [6, 6.07) is 0.813. The third-order valence-electron chi connectivity index (χ3n) is 2.00. The van der Waals surface area contributed by atoms with Crippen molar-refractivity contribution in [1.82, 2.24) is 4.98 Å². The summed E-state index contributed by atoms with van der Waals surface area (Å²) in [7, 11) is 0. The number of hydrogen-bond acceptors (Lipinski definition) is 3. The first-order valence-corrected chi connectivity index (χ1v) is 4.92. The zero-order valence-electron chi connectivity index (χ0n) is 9.74. The molecule has 2 N–H and O–H groups in total. The average molecular weight is 240 g/mol. The van der Waals surface area contributed by atoms with Crippen molar-refractivity contribution in [3.8, 4) is 0 Å². The number of carbonyl (C=O) groups excluding carboxylic acids is 1. The van der Waals surface area contributed by atoms with Gasteiger partial charge in [0.2, 0.25) is 5.91 Å². The molecule has 1 aromatic heterocycles. The minimum Gasteiger partial charge on any atom is -0.478 e. The summed E-state index contributed by atoms with van der Waals surface area (Å²) in [5.74, 6) is -2.66. The van der Waals surface area contributed by atoms with Gasteiger partial charge in [-0.05, 0) is 6.07 Å². The van der Waals surface area contributed by atoms with Crippen LogP contribution in [0.1, 0.15) is 31.1 Å². The third-order valence-corrected chi connectivity index (χ3v) is 2.00. The van der Waals surface area contributed by atoms with E-state index < -0.39 is 17.2 Å². The second-order valence-corrected chi connectivity index (χ2v) is 4.56. The van der Waals surface area contributed by atoms with Crippen molar-refractivity contribution < 1.29 is 19.1 Å². The van der Waals surface area contributed by atoms with Crippen molar-refractivity contribution in [3.05, 3.63) is 23.6 Å². The third kappa shape index (κ3) is 3.24. The lowest BCUT2D eigenvalue weighted by Gasteiger charge is -2.17. The van der Waals surface area contributed by atoms with Crippen molar-refractivity contribution in [2.24, 2.45) is 5.41 Å². The van der Waals surface area contributed by atoms with Gasteiger partial charge in [0.05, 0.1) is 6.20 Å². The van der Waals surface area contributed by atoms with E-state index >= 15 is 0 Å². The summed E-state index contributed by atoms with van der Waals surface area (Å²) in [5, 5.41) is 11.2. The average Bonchev–Trinajstić information content (AvgIpc) is 2.18. The van der Waals surface area contributed by atoms with E-state index in [1.165, 1.54) is 0 Å². The van der Waals surface area contributed by atoms with Gasteiger partial charge in [-0.2, -0.15) is 0 Å². The molecular formula is C11H13FN2O3. The number of carboxylic acids is 1. The minimum atomic E-state index is -1.35. The largest absolute Gasteiger partial charge is 0.478 e. The molecule has 0 atom stereocenters. The summed E-state index contributed by atoms with van der Waals surface area (Å²) in [6.45, 7) is 5.02. The number of rotatable bonds is 2. The lowest BCUT2D eigenvalue weighted by atomic mass is 9.95. The molecule has 1 aromatic rings. The van der Waals surface area contributed by atoms with Crippen molar-refractivity contribution in [2.45, 2.75) is 20.8 Å². The first kappa shape index (κ1) is 13.1. The van der Waals surface area contributed by atoms with Gasteiger partial charge in [-0.25, -0.2) is 14.2 Å². The number of aromatic carboxylic acids is 1. The van der Waals surface area contributed by atoms with E-state index in [9.17, 15) is 14.0 Å². The highest BCUT2D eigenvalue weighted by Gasteiger charge is 2.24. The highest BCUT2D eigenvalue weighted by molar-refractivity contribution is 6.00. The zero-order chi connectivity index (χ0) is 13.2. The van der Waals surface area contributed by atoms with Crippen LogP contribution in [0.25, 0.3) is 0 Å². The van der Waals surface area contributed by atoms with Crippen LogP contribution in [0.15, 0.2) is 12.3 Å². The molecule has 0 aliphatic rings. The van der Waals surface area contributed by atoms with Crippen LogP contribution in [0, 0.1) is 11.2 Å². The van der Waals surface area contributed by atoms with Crippen LogP contribution in [0.5, 0.6) is 0 Å². The van der Waals surface area contributed by atoms with E-state index in [1.807, 2.05) is 0 Å². The summed E-state index contributed by atoms with van der Waals surface area (Å²) >= 11 is 0. The van der Waals surface area contributed by atoms with E-state index in [4.69, 9.17) is 5.11 Å². The van der Waals surface area contributed by atoms with Crippen molar-refractivity contribution in [3.63, 3.8) is 0 Å². The maximum Gasteiger partial charge on any atom is 0.339 e. The lowest BCUT2D eigenvalue weighted by molar-refractivity contribution is -0.123. The Morgan fingerprint density at radius 1 is 1.41 bits per heavy atom. The smallest absolute Gasteiger partial charge is 0.339 e. The molecule has 1 rings (SSSR count). The fourth-order valence-corrected chi connectivity index (χ4v) is 0.997. The molecule has 0 fully saturated rings. The molecule has 0 aliphatic carbocycles. The standard InChI is InChI=1S/C11H13FN2O3/c1-11(2,3)10(17)14-8-7(9(15)16)4-6(12)5-13-8/h4-5H,1-3H3,(H,15,16)(H,13,14,17). The van der Waals surface area contributed by atoms with Crippen molar-refractivity contribution in [2.75, 3.05) is 5.32 Å². The predicted molar refractivity (Wildman–Crippen MR) is 59.2 cm³/mol. The van der Waals surface area contributed by atoms with Crippen molar-refractivity contribution in [1.29, 1.82) is 0 Å². The van der Waals surface area contributed by atoms with E-state index in [1.54, 1.807) is 20.8 Å². The van der Waals surface area contributed by atoms with Gasteiger partial charge in [-0.1, -0.05) is 20.8 Å². The number of pyridine rings is 1. The molecule has 1 heterocycles. The molecule has 6 heteroatoms. The number of amides is 1. The van der Waals surface area contributed by atoms with Gasteiger partial charge in [0, 0.05) is 5.41 Å². The van der Waals surface area contributed by atoms with Gasteiger partial charge in [0.15, 0.2) is 0 Å². The maximum atomic E-state index is 12.8. The fourth-order valence-electron chi connectivity index (χ4n) is 0.997. The number of halogens is 1. The topological polar surface area (TPSA) is 79.3 Å². The number of carbonyl (C=O) groups is 2. The highest BCUT2D eigenvalue weighted by atomic mass is 19.1. The Morgan fingerprint density at radius 3 is 2.47 bits per heavy atom. The molecule has 0 saturated carbocycles. The number of anilines is 1. The van der Waals surface area contributed by atoms with Crippen LogP contribution < -0.4 is 5.32 Å². The molecule has 0 bridgehead atoms. The molecule has 0 spiro atoms. The first-order valence-electron chi connectivity index (χ1n) is 4.92. The number of hydrogen-bond donors (Lipinski definition) is 2. The van der Waals surface area contributed by atoms with Gasteiger partial charge >= 0.3 is 5.97 Å². The molecule has 0 radical (unpaired) electrons. The van der Waals surface area contributed by atoms with Gasteiger partial charge in [0.1, 0.15) is 17.2 Å². The van der Waals surface area contributed by atoms with Crippen LogP contribution in [-0.2, 0) is 4.79 Å². The Morgan fingerprint density at radius 2 is 2.00 bits per heavy atom. The number of nitrogens with zero attached hydrogens (tertiary/aromatic N) is 1. The Bertz CT molecular complexity index is 466. The maximum absolute atomic E-state index is 12.8. The van der Waals surface area contributed by atoms with E-state index in [0.29, 0.717) is 0 Å². The van der Waals surface area contributed by atoms with Gasteiger partial charge in [0.25, 0.3) is 0 Å². The number of nitrogens with one attached hydrogen (secondary N) is 1. The summed E-state index contributed by atoms with van der Waals surface area (Å²) < 4.78 is 12.8. The van der Waals surface area contributed by atoms with E-state index in [-0.39, 0.29) is 17.3 Å². The molecular weight excluding hydrogens is 227 g/mol. The second kappa shape index (κ2) is 4.48. The zero-order valence-corrected chi connectivity index (χ0v) is 9.74. The Labute approximate surface area is 97.7 Å². The number of carboxylic acid groups (broad SMARTS) is 1. The molecule has 0 saturated heterocycles. The highest BCUT2D eigenvalue weighted by Crippen LogP contribution is 2.19. The summed E-state index contributed by atoms with van der Waals surface area (Å²) in [5.41, 5.74) is -1.06. The van der Waals surface area contributed by atoms with Crippen LogP contribution >= 0.6 is 0 Å². The molecule has 92 valence electrons. The minimum absolute atomic E-state index is 0.154. The molecule has 17 heavy (non-hydrogen) atoms. The Kier molecular flexibility index (Phi) is 3.45. The van der Waals surface area contributed by atoms with Crippen LogP contribution in [0.4, 0.5) is 10.2 Å². The van der Waals surface area contributed by atoms with Crippen LogP contribution in [0.2, 0.25) is 0 Å². The SMILES string of the molecule is CC(C)(C)C(=O)Nc1ncc(F)cc1C(=O)O. The van der Waals surface area contributed by atoms with Gasteiger partial charge in [-0.3, -0.25) is 4.79 Å². The lowest BCUT2D eigenvalue weighted by Crippen LogP contribution is -2.29. The molecule has 0 aliphatic heterocycles. The quantitative estimate of drug-likeness (QED) is 0.827. The summed E-state index contributed by atoms with van der Waals surface area (Å²) in [6.07, 6.45) is 0.852.